The fourth-order valence-electron chi connectivity index (χ4n) is 2.53. The summed E-state index contributed by atoms with van der Waals surface area (Å²) in [4.78, 5) is 15.6. The lowest BCUT2D eigenvalue weighted by molar-refractivity contribution is 0.0683. The van der Waals surface area contributed by atoms with Gasteiger partial charge in [0, 0.05) is 18.7 Å². The van der Waals surface area contributed by atoms with Gasteiger partial charge < -0.3 is 4.90 Å². The average molecular weight is 292 g/mol. The van der Waals surface area contributed by atoms with Crippen molar-refractivity contribution >= 4 is 5.91 Å². The van der Waals surface area contributed by atoms with Gasteiger partial charge >= 0.3 is 0 Å². The Bertz CT molecular complexity index is 636. The van der Waals surface area contributed by atoms with Gasteiger partial charge in [-0.15, -0.1) is 0 Å². The van der Waals surface area contributed by atoms with E-state index in [0.717, 1.165) is 25.0 Å². The van der Waals surface area contributed by atoms with Crippen LogP contribution in [-0.4, -0.2) is 38.9 Å². The van der Waals surface area contributed by atoms with Crippen LogP contribution in [0.25, 0.3) is 0 Å². The summed E-state index contributed by atoms with van der Waals surface area (Å²) in [6.07, 6.45) is 4.73. The molecular formula is C14H14F2N4O. The summed E-state index contributed by atoms with van der Waals surface area (Å²) in [5, 5.41) is 8.20. The molecule has 0 spiro atoms. The minimum Gasteiger partial charge on any atom is -0.338 e. The molecule has 110 valence electrons. The largest absolute Gasteiger partial charge is 0.338 e. The second-order valence-corrected chi connectivity index (χ2v) is 5.00. The summed E-state index contributed by atoms with van der Waals surface area (Å²) in [7, 11) is 0. The molecule has 0 radical (unpaired) electrons. The molecule has 21 heavy (non-hydrogen) atoms. The van der Waals surface area contributed by atoms with Crippen molar-refractivity contribution in [3.63, 3.8) is 0 Å². The molecule has 0 atom stereocenters. The average Bonchev–Trinajstić information content (AvgIpc) is 3.04. The van der Waals surface area contributed by atoms with Crippen molar-refractivity contribution in [1.82, 2.24) is 19.9 Å². The Hall–Kier alpha value is -2.31. The molecule has 0 saturated carbocycles. The number of piperidine rings is 1. The highest BCUT2D eigenvalue weighted by Crippen LogP contribution is 2.22. The maximum absolute atomic E-state index is 13.2. The Kier molecular flexibility index (Phi) is 3.64. The molecule has 5 nitrogen and oxygen atoms in total. The van der Waals surface area contributed by atoms with Crippen molar-refractivity contribution in [2.75, 3.05) is 13.1 Å². The molecule has 1 saturated heterocycles. The number of aromatic nitrogens is 3. The van der Waals surface area contributed by atoms with Crippen LogP contribution in [0.3, 0.4) is 0 Å². The summed E-state index contributed by atoms with van der Waals surface area (Å²) < 4.78 is 26.1. The van der Waals surface area contributed by atoms with E-state index in [2.05, 4.69) is 10.2 Å². The van der Waals surface area contributed by atoms with E-state index in [0.29, 0.717) is 13.1 Å². The van der Waals surface area contributed by atoms with Gasteiger partial charge in [-0.3, -0.25) is 4.79 Å². The minimum atomic E-state index is -1.00. The second-order valence-electron chi connectivity index (χ2n) is 5.00. The fraction of sp³-hybridized carbons (Fsp3) is 0.357. The molecule has 1 aromatic carbocycles. The zero-order valence-corrected chi connectivity index (χ0v) is 11.2. The Balaban J connectivity index is 1.66. The van der Waals surface area contributed by atoms with Crippen LogP contribution < -0.4 is 0 Å². The highest BCUT2D eigenvalue weighted by molar-refractivity contribution is 5.94. The number of rotatable bonds is 2. The van der Waals surface area contributed by atoms with Gasteiger partial charge in [0.25, 0.3) is 5.91 Å². The molecule has 1 aliphatic rings. The van der Waals surface area contributed by atoms with E-state index in [1.165, 1.54) is 6.07 Å². The number of hydrogen-bond acceptors (Lipinski definition) is 3. The van der Waals surface area contributed by atoms with Crippen molar-refractivity contribution < 1.29 is 13.6 Å². The first-order valence-corrected chi connectivity index (χ1v) is 6.75. The minimum absolute atomic E-state index is 0.171. The number of benzene rings is 1. The predicted octanol–water partition coefficient (Wildman–Crippen LogP) is 2.03. The highest BCUT2D eigenvalue weighted by atomic mass is 19.2. The van der Waals surface area contributed by atoms with Crippen LogP contribution in [0.1, 0.15) is 29.2 Å². The summed E-state index contributed by atoms with van der Waals surface area (Å²) in [5.74, 6) is -2.23. The third kappa shape index (κ3) is 2.76. The smallest absolute Gasteiger partial charge is 0.253 e. The molecular weight excluding hydrogens is 278 g/mol. The summed E-state index contributed by atoms with van der Waals surface area (Å²) in [6, 6.07) is 3.40. The van der Waals surface area contributed by atoms with Crippen LogP contribution in [0.2, 0.25) is 0 Å². The van der Waals surface area contributed by atoms with Crippen LogP contribution in [0.15, 0.2) is 30.6 Å². The van der Waals surface area contributed by atoms with Crippen LogP contribution in [0.5, 0.6) is 0 Å². The number of hydrogen-bond donors (Lipinski definition) is 0. The molecule has 1 aromatic heterocycles. The van der Waals surface area contributed by atoms with Gasteiger partial charge in [0.05, 0.1) is 18.4 Å². The maximum Gasteiger partial charge on any atom is 0.253 e. The number of carbonyl (C=O) groups is 1. The maximum atomic E-state index is 13.2. The van der Waals surface area contributed by atoms with Gasteiger partial charge in [-0.25, -0.2) is 8.78 Å². The number of likely N-dealkylation sites (tertiary alicyclic amines) is 1. The highest BCUT2D eigenvalue weighted by Gasteiger charge is 2.25. The third-order valence-corrected chi connectivity index (χ3v) is 3.68. The Morgan fingerprint density at radius 3 is 2.38 bits per heavy atom. The van der Waals surface area contributed by atoms with E-state index in [1.54, 1.807) is 22.1 Å². The SMILES string of the molecule is O=C(c1ccc(F)c(F)c1)N1CCC(n2nccn2)CC1. The number of nitrogens with zero attached hydrogens (tertiary/aromatic N) is 4. The number of amides is 1. The van der Waals surface area contributed by atoms with E-state index in [4.69, 9.17) is 0 Å². The zero-order valence-electron chi connectivity index (χ0n) is 11.2. The van der Waals surface area contributed by atoms with Crippen molar-refractivity contribution in [2.24, 2.45) is 0 Å². The van der Waals surface area contributed by atoms with Crippen molar-refractivity contribution in [2.45, 2.75) is 18.9 Å². The monoisotopic (exact) mass is 292 g/mol. The summed E-state index contributed by atoms with van der Waals surface area (Å²) >= 11 is 0. The lowest BCUT2D eigenvalue weighted by Crippen LogP contribution is -2.39. The number of halogens is 2. The van der Waals surface area contributed by atoms with E-state index in [9.17, 15) is 13.6 Å². The van der Waals surface area contributed by atoms with Crippen LogP contribution >= 0.6 is 0 Å². The summed E-state index contributed by atoms with van der Waals surface area (Å²) in [6.45, 7) is 1.09. The van der Waals surface area contributed by atoms with Crippen LogP contribution in [0, 0.1) is 11.6 Å². The van der Waals surface area contributed by atoms with Crippen molar-refractivity contribution in [1.29, 1.82) is 0 Å². The molecule has 3 rings (SSSR count). The van der Waals surface area contributed by atoms with Gasteiger partial charge in [0.2, 0.25) is 0 Å². The van der Waals surface area contributed by atoms with Gasteiger partial charge in [-0.2, -0.15) is 15.0 Å². The lowest BCUT2D eigenvalue weighted by Gasteiger charge is -2.31. The molecule has 0 bridgehead atoms. The predicted molar refractivity (Wildman–Crippen MR) is 70.6 cm³/mol. The Morgan fingerprint density at radius 2 is 1.76 bits per heavy atom. The molecule has 2 heterocycles. The van der Waals surface area contributed by atoms with E-state index >= 15 is 0 Å². The Morgan fingerprint density at radius 1 is 1.10 bits per heavy atom. The quantitative estimate of drug-likeness (QED) is 0.851. The fourth-order valence-corrected chi connectivity index (χ4v) is 2.53. The molecule has 0 aliphatic carbocycles. The molecule has 2 aromatic rings. The molecule has 7 heteroatoms. The normalized spacial score (nSPS) is 16.2. The first kappa shape index (κ1) is 13.7. The van der Waals surface area contributed by atoms with Crippen molar-refractivity contribution in [3.05, 3.63) is 47.8 Å². The van der Waals surface area contributed by atoms with Crippen molar-refractivity contribution in [3.8, 4) is 0 Å². The van der Waals surface area contributed by atoms with Gasteiger partial charge in [-0.1, -0.05) is 0 Å². The Labute approximate surface area is 120 Å². The van der Waals surface area contributed by atoms with E-state index in [-0.39, 0.29) is 17.5 Å². The van der Waals surface area contributed by atoms with E-state index < -0.39 is 11.6 Å². The topological polar surface area (TPSA) is 51.0 Å². The third-order valence-electron chi connectivity index (χ3n) is 3.68. The van der Waals surface area contributed by atoms with E-state index in [1.807, 2.05) is 0 Å². The van der Waals surface area contributed by atoms with Gasteiger partial charge in [0.15, 0.2) is 11.6 Å². The first-order chi connectivity index (χ1) is 10.1. The lowest BCUT2D eigenvalue weighted by atomic mass is 10.0. The zero-order chi connectivity index (χ0) is 14.8. The molecule has 0 N–H and O–H groups in total. The van der Waals surface area contributed by atoms with Gasteiger partial charge in [-0.05, 0) is 31.0 Å². The standard InChI is InChI=1S/C14H14F2N4O/c15-12-2-1-10(9-13(12)16)14(21)19-7-3-11(4-8-19)20-17-5-6-18-20/h1-2,5-6,9,11H,3-4,7-8H2. The van der Waals surface area contributed by atoms with Crippen LogP contribution in [0.4, 0.5) is 8.78 Å². The molecule has 1 fully saturated rings. The van der Waals surface area contributed by atoms with Crippen LogP contribution in [-0.2, 0) is 0 Å². The molecule has 0 unspecified atom stereocenters. The first-order valence-electron chi connectivity index (χ1n) is 6.75. The molecule has 1 amide bonds. The number of carbonyl (C=O) groups excluding carboxylic acids is 1. The molecule has 1 aliphatic heterocycles. The second kappa shape index (κ2) is 5.59. The summed E-state index contributed by atoms with van der Waals surface area (Å²) in [5.41, 5.74) is 0.171. The van der Waals surface area contributed by atoms with Gasteiger partial charge in [0.1, 0.15) is 0 Å².